The summed E-state index contributed by atoms with van der Waals surface area (Å²) in [6.45, 7) is 7.13. The van der Waals surface area contributed by atoms with Crippen molar-refractivity contribution in [2.75, 3.05) is 37.7 Å². The van der Waals surface area contributed by atoms with Crippen molar-refractivity contribution in [1.29, 1.82) is 0 Å². The van der Waals surface area contributed by atoms with E-state index in [0.717, 1.165) is 30.3 Å². The molecular formula is C20H24N6O2. The molecule has 0 unspecified atom stereocenters. The van der Waals surface area contributed by atoms with Gasteiger partial charge in [-0.1, -0.05) is 26.0 Å². The smallest absolute Gasteiger partial charge is 0.260 e. The highest BCUT2D eigenvalue weighted by Crippen LogP contribution is 2.19. The number of fused-ring (bicyclic) bond motifs is 1. The van der Waals surface area contributed by atoms with Crippen molar-refractivity contribution >= 4 is 17.4 Å². The van der Waals surface area contributed by atoms with Gasteiger partial charge >= 0.3 is 0 Å². The molecule has 1 fully saturated rings. The largest absolute Gasteiger partial charge is 0.484 e. The molecule has 146 valence electrons. The van der Waals surface area contributed by atoms with E-state index in [4.69, 9.17) is 4.74 Å². The zero-order valence-corrected chi connectivity index (χ0v) is 16.2. The number of benzene rings is 1. The lowest BCUT2D eigenvalue weighted by Gasteiger charge is -2.35. The maximum atomic E-state index is 12.5. The van der Waals surface area contributed by atoms with Gasteiger partial charge in [-0.2, -0.15) is 4.52 Å². The number of amides is 1. The summed E-state index contributed by atoms with van der Waals surface area (Å²) in [5.74, 6) is 2.07. The zero-order chi connectivity index (χ0) is 19.5. The van der Waals surface area contributed by atoms with Crippen LogP contribution < -0.4 is 9.64 Å². The number of nitrogens with zero attached hydrogens (tertiary/aromatic N) is 6. The number of carbonyl (C=O) groups is 1. The summed E-state index contributed by atoms with van der Waals surface area (Å²) < 4.78 is 7.33. The molecular weight excluding hydrogens is 356 g/mol. The minimum absolute atomic E-state index is 0.00908. The molecule has 3 heterocycles. The highest BCUT2D eigenvalue weighted by atomic mass is 16.5. The monoisotopic (exact) mass is 380 g/mol. The van der Waals surface area contributed by atoms with Gasteiger partial charge in [-0.25, -0.2) is 0 Å². The molecule has 28 heavy (non-hydrogen) atoms. The number of piperazine rings is 1. The van der Waals surface area contributed by atoms with E-state index in [1.807, 2.05) is 41.3 Å². The molecule has 0 bridgehead atoms. The number of hydrogen-bond acceptors (Lipinski definition) is 6. The summed E-state index contributed by atoms with van der Waals surface area (Å²) in [6, 6.07) is 11.8. The fourth-order valence-corrected chi connectivity index (χ4v) is 3.26. The molecule has 1 aliphatic rings. The van der Waals surface area contributed by atoms with Crippen molar-refractivity contribution in [3.63, 3.8) is 0 Å². The predicted octanol–water partition coefficient (Wildman–Crippen LogP) is 1.98. The molecule has 0 saturated carbocycles. The third-order valence-electron chi connectivity index (χ3n) is 5.01. The Kier molecular flexibility index (Phi) is 5.10. The van der Waals surface area contributed by atoms with Crippen molar-refractivity contribution in [3.8, 4) is 5.75 Å². The van der Waals surface area contributed by atoms with Gasteiger partial charge in [-0.15, -0.1) is 15.3 Å². The zero-order valence-electron chi connectivity index (χ0n) is 16.2. The minimum atomic E-state index is 0.00908. The Morgan fingerprint density at radius 3 is 2.54 bits per heavy atom. The third-order valence-corrected chi connectivity index (χ3v) is 5.01. The van der Waals surface area contributed by atoms with Crippen molar-refractivity contribution in [3.05, 3.63) is 48.3 Å². The van der Waals surface area contributed by atoms with Gasteiger partial charge in [0.25, 0.3) is 5.91 Å². The fraction of sp³-hybridized carbons (Fsp3) is 0.400. The highest BCUT2D eigenvalue weighted by Gasteiger charge is 2.22. The second kappa shape index (κ2) is 7.84. The van der Waals surface area contributed by atoms with Crippen molar-refractivity contribution in [2.24, 2.45) is 0 Å². The quantitative estimate of drug-likeness (QED) is 0.674. The maximum absolute atomic E-state index is 12.5. The summed E-state index contributed by atoms with van der Waals surface area (Å²) in [5, 5.41) is 12.3. The molecule has 1 aliphatic heterocycles. The van der Waals surface area contributed by atoms with Crippen LogP contribution >= 0.6 is 0 Å². The first kappa shape index (κ1) is 18.2. The van der Waals surface area contributed by atoms with Crippen LogP contribution in [0.25, 0.3) is 5.65 Å². The van der Waals surface area contributed by atoms with Crippen LogP contribution in [0.1, 0.15) is 25.3 Å². The number of rotatable bonds is 5. The van der Waals surface area contributed by atoms with E-state index in [9.17, 15) is 4.79 Å². The molecule has 1 amide bonds. The van der Waals surface area contributed by atoms with E-state index in [-0.39, 0.29) is 12.5 Å². The van der Waals surface area contributed by atoms with Crippen molar-refractivity contribution < 1.29 is 9.53 Å². The Labute approximate surface area is 163 Å². The first-order valence-corrected chi connectivity index (χ1v) is 9.53. The van der Waals surface area contributed by atoms with Gasteiger partial charge in [0.05, 0.1) is 0 Å². The molecule has 2 aromatic heterocycles. The third kappa shape index (κ3) is 3.90. The Morgan fingerprint density at radius 2 is 1.82 bits per heavy atom. The number of carbonyl (C=O) groups excluding carboxylic acids is 1. The highest BCUT2D eigenvalue weighted by molar-refractivity contribution is 5.78. The van der Waals surface area contributed by atoms with Crippen LogP contribution in [0.2, 0.25) is 0 Å². The summed E-state index contributed by atoms with van der Waals surface area (Å²) in [4.78, 5) is 16.5. The lowest BCUT2D eigenvalue weighted by molar-refractivity contribution is -0.133. The van der Waals surface area contributed by atoms with Gasteiger partial charge in [0.2, 0.25) is 0 Å². The van der Waals surface area contributed by atoms with Crippen LogP contribution in [-0.2, 0) is 4.79 Å². The van der Waals surface area contributed by atoms with Gasteiger partial charge in [0.1, 0.15) is 17.9 Å². The van der Waals surface area contributed by atoms with Gasteiger partial charge in [0.15, 0.2) is 12.3 Å². The summed E-state index contributed by atoms with van der Waals surface area (Å²) in [5.41, 5.74) is 1.98. The molecule has 4 rings (SSSR count). The van der Waals surface area contributed by atoms with Crippen LogP contribution in [0.5, 0.6) is 5.75 Å². The number of aromatic nitrogens is 4. The Morgan fingerprint density at radius 1 is 1.07 bits per heavy atom. The second-order valence-corrected chi connectivity index (χ2v) is 7.21. The van der Waals surface area contributed by atoms with Gasteiger partial charge < -0.3 is 14.5 Å². The molecule has 0 spiro atoms. The molecule has 0 N–H and O–H groups in total. The van der Waals surface area contributed by atoms with Crippen LogP contribution in [0.4, 0.5) is 5.82 Å². The second-order valence-electron chi connectivity index (χ2n) is 7.21. The lowest BCUT2D eigenvalue weighted by atomic mass is 10.0. The normalized spacial score (nSPS) is 14.7. The van der Waals surface area contributed by atoms with E-state index in [1.165, 1.54) is 5.56 Å². The SMILES string of the molecule is CC(C)c1ccc(OCC(=O)N2CCN(c3ccc4nncn4n3)CC2)cc1. The molecule has 0 radical (unpaired) electrons. The minimum Gasteiger partial charge on any atom is -0.484 e. The van der Waals surface area contributed by atoms with E-state index in [1.54, 1.807) is 10.8 Å². The van der Waals surface area contributed by atoms with E-state index in [2.05, 4.69) is 34.0 Å². The summed E-state index contributed by atoms with van der Waals surface area (Å²) >= 11 is 0. The standard InChI is InChI=1S/C20H24N6O2/c1-15(2)16-3-5-17(6-4-16)28-13-20(27)25-11-9-24(10-12-25)19-8-7-18-22-21-14-26(18)23-19/h3-8,14-15H,9-13H2,1-2H3. The molecule has 0 aliphatic carbocycles. The first-order chi connectivity index (χ1) is 13.6. The van der Waals surface area contributed by atoms with Gasteiger partial charge in [0, 0.05) is 26.2 Å². The van der Waals surface area contributed by atoms with E-state index in [0.29, 0.717) is 19.0 Å². The van der Waals surface area contributed by atoms with E-state index >= 15 is 0 Å². The molecule has 1 saturated heterocycles. The molecule has 8 nitrogen and oxygen atoms in total. The Hall–Kier alpha value is -3.16. The molecule has 8 heteroatoms. The number of hydrogen-bond donors (Lipinski definition) is 0. The maximum Gasteiger partial charge on any atom is 0.260 e. The van der Waals surface area contributed by atoms with Crippen LogP contribution in [0.3, 0.4) is 0 Å². The van der Waals surface area contributed by atoms with Crippen molar-refractivity contribution in [1.82, 2.24) is 24.7 Å². The van der Waals surface area contributed by atoms with E-state index < -0.39 is 0 Å². The summed E-state index contributed by atoms with van der Waals surface area (Å²) in [6.07, 6.45) is 1.59. The lowest BCUT2D eigenvalue weighted by Crippen LogP contribution is -2.50. The summed E-state index contributed by atoms with van der Waals surface area (Å²) in [7, 11) is 0. The predicted molar refractivity (Wildman–Crippen MR) is 106 cm³/mol. The Bertz CT molecular complexity index is 945. The van der Waals surface area contributed by atoms with Crippen LogP contribution in [-0.4, -0.2) is 63.4 Å². The van der Waals surface area contributed by atoms with Gasteiger partial charge in [-0.05, 0) is 35.7 Å². The van der Waals surface area contributed by atoms with Gasteiger partial charge in [-0.3, -0.25) is 4.79 Å². The molecule has 0 atom stereocenters. The van der Waals surface area contributed by atoms with Crippen LogP contribution in [0.15, 0.2) is 42.7 Å². The molecule has 3 aromatic rings. The number of anilines is 1. The fourth-order valence-electron chi connectivity index (χ4n) is 3.26. The average molecular weight is 380 g/mol. The Balaban J connectivity index is 1.28. The van der Waals surface area contributed by atoms with Crippen LogP contribution in [0, 0.1) is 0 Å². The van der Waals surface area contributed by atoms with Crippen molar-refractivity contribution in [2.45, 2.75) is 19.8 Å². The average Bonchev–Trinajstić information content (AvgIpc) is 3.20. The molecule has 1 aromatic carbocycles. The number of ether oxygens (including phenoxy) is 1. The topological polar surface area (TPSA) is 75.9 Å². The first-order valence-electron chi connectivity index (χ1n) is 9.53.